The van der Waals surface area contributed by atoms with Crippen molar-refractivity contribution in [2.75, 3.05) is 6.61 Å². The molecule has 214 valence electrons. The molecule has 0 aliphatic carbocycles. The standard InChI is InChI=1S/C36H47NO3/c1-2-3-4-5-6-7-8-18-25-33-35(39-27-31-21-14-10-15-22-31)36(40-28-32-23-16-11-17-24-32)34(37-33)29-38-26-30-19-12-9-13-20-30/h9-17,19-24,34-36H,2-8,18,25-29H2,1H3/t34-,35+,36+/m0/s1. The Labute approximate surface area is 241 Å². The van der Waals surface area contributed by atoms with Gasteiger partial charge in [0, 0.05) is 5.71 Å². The zero-order valence-electron chi connectivity index (χ0n) is 24.3. The highest BCUT2D eigenvalue weighted by atomic mass is 16.5. The van der Waals surface area contributed by atoms with Crippen LogP contribution in [0.4, 0.5) is 0 Å². The summed E-state index contributed by atoms with van der Waals surface area (Å²) in [7, 11) is 0. The lowest BCUT2D eigenvalue weighted by molar-refractivity contribution is -0.0696. The first kappa shape index (κ1) is 30.2. The molecule has 4 rings (SSSR count). The SMILES string of the molecule is CCCCCCCCCCC1=N[C@@H](COCc2ccccc2)[C@@H](OCc2ccccc2)[C@@H]1OCc1ccccc1. The van der Waals surface area contributed by atoms with Crippen molar-refractivity contribution < 1.29 is 14.2 Å². The van der Waals surface area contributed by atoms with E-state index in [1.54, 1.807) is 0 Å². The van der Waals surface area contributed by atoms with Crippen LogP contribution < -0.4 is 0 Å². The fourth-order valence-electron chi connectivity index (χ4n) is 5.32. The minimum atomic E-state index is -0.177. The zero-order chi connectivity index (χ0) is 27.7. The average molecular weight is 542 g/mol. The third kappa shape index (κ3) is 10.3. The summed E-state index contributed by atoms with van der Waals surface area (Å²) in [6.45, 7) is 4.44. The Bertz CT molecular complexity index is 1090. The lowest BCUT2D eigenvalue weighted by atomic mass is 10.0. The highest BCUT2D eigenvalue weighted by Gasteiger charge is 2.40. The Kier molecular flexibility index (Phi) is 13.4. The smallest absolute Gasteiger partial charge is 0.124 e. The summed E-state index contributed by atoms with van der Waals surface area (Å²) in [5.41, 5.74) is 4.62. The second-order valence-electron chi connectivity index (χ2n) is 10.9. The summed E-state index contributed by atoms with van der Waals surface area (Å²) in [5, 5.41) is 0. The van der Waals surface area contributed by atoms with Crippen LogP contribution in [-0.4, -0.2) is 30.6 Å². The molecule has 4 nitrogen and oxygen atoms in total. The highest BCUT2D eigenvalue weighted by molar-refractivity contribution is 5.91. The maximum absolute atomic E-state index is 6.61. The molecular weight excluding hydrogens is 494 g/mol. The van der Waals surface area contributed by atoms with Gasteiger partial charge in [-0.1, -0.05) is 143 Å². The van der Waals surface area contributed by atoms with Crippen LogP contribution in [0.5, 0.6) is 0 Å². The van der Waals surface area contributed by atoms with Gasteiger partial charge in [-0.05, 0) is 29.5 Å². The molecule has 0 saturated carbocycles. The number of ether oxygens (including phenoxy) is 3. The molecule has 1 heterocycles. The number of hydrogen-bond donors (Lipinski definition) is 0. The number of hydrogen-bond acceptors (Lipinski definition) is 4. The summed E-state index contributed by atoms with van der Waals surface area (Å²) in [6.07, 6.45) is 11.0. The lowest BCUT2D eigenvalue weighted by Gasteiger charge is -2.26. The van der Waals surface area contributed by atoms with Gasteiger partial charge in [0.25, 0.3) is 0 Å². The largest absolute Gasteiger partial charge is 0.374 e. The van der Waals surface area contributed by atoms with Crippen molar-refractivity contribution in [3.63, 3.8) is 0 Å². The molecule has 0 N–H and O–H groups in total. The van der Waals surface area contributed by atoms with E-state index in [1.165, 1.54) is 56.1 Å². The summed E-state index contributed by atoms with van der Waals surface area (Å²) < 4.78 is 19.4. The van der Waals surface area contributed by atoms with E-state index in [0.29, 0.717) is 26.4 Å². The zero-order valence-corrected chi connectivity index (χ0v) is 24.3. The molecule has 3 aromatic carbocycles. The van der Waals surface area contributed by atoms with Crippen molar-refractivity contribution in [2.45, 2.75) is 103 Å². The van der Waals surface area contributed by atoms with Crippen LogP contribution in [-0.2, 0) is 34.0 Å². The van der Waals surface area contributed by atoms with Crippen LogP contribution in [0.2, 0.25) is 0 Å². The van der Waals surface area contributed by atoms with Crippen LogP contribution in [0.25, 0.3) is 0 Å². The van der Waals surface area contributed by atoms with Gasteiger partial charge in [0.1, 0.15) is 18.2 Å². The molecule has 0 radical (unpaired) electrons. The number of unbranched alkanes of at least 4 members (excludes halogenated alkanes) is 7. The molecule has 0 spiro atoms. The molecule has 0 aromatic heterocycles. The lowest BCUT2D eigenvalue weighted by Crippen LogP contribution is -2.40. The number of aliphatic imine (C=N–C) groups is 1. The molecule has 0 fully saturated rings. The monoisotopic (exact) mass is 541 g/mol. The van der Waals surface area contributed by atoms with E-state index >= 15 is 0 Å². The van der Waals surface area contributed by atoms with Crippen molar-refractivity contribution in [2.24, 2.45) is 4.99 Å². The molecule has 0 amide bonds. The number of benzene rings is 3. The molecule has 40 heavy (non-hydrogen) atoms. The molecule has 0 bridgehead atoms. The fourth-order valence-corrected chi connectivity index (χ4v) is 5.32. The molecule has 1 aliphatic rings. The molecule has 3 aromatic rings. The summed E-state index contributed by atoms with van der Waals surface area (Å²) in [4.78, 5) is 5.21. The summed E-state index contributed by atoms with van der Waals surface area (Å²) >= 11 is 0. The third-order valence-electron chi connectivity index (χ3n) is 7.58. The molecule has 3 atom stereocenters. The van der Waals surface area contributed by atoms with Crippen molar-refractivity contribution in [1.29, 1.82) is 0 Å². The predicted octanol–water partition coefficient (Wildman–Crippen LogP) is 8.73. The van der Waals surface area contributed by atoms with Crippen LogP contribution in [0.3, 0.4) is 0 Å². The second kappa shape index (κ2) is 17.8. The first-order valence-corrected chi connectivity index (χ1v) is 15.3. The van der Waals surface area contributed by atoms with Crippen LogP contribution in [0.15, 0.2) is 96.0 Å². The van der Waals surface area contributed by atoms with E-state index in [9.17, 15) is 0 Å². The van der Waals surface area contributed by atoms with Gasteiger partial charge in [0.05, 0.1) is 26.4 Å². The average Bonchev–Trinajstić information content (AvgIpc) is 3.33. The Hall–Kier alpha value is -2.79. The maximum Gasteiger partial charge on any atom is 0.124 e. The van der Waals surface area contributed by atoms with Crippen molar-refractivity contribution >= 4 is 5.71 Å². The van der Waals surface area contributed by atoms with Gasteiger partial charge in [-0.15, -0.1) is 0 Å². The Morgan fingerprint density at radius 3 is 1.65 bits per heavy atom. The number of rotatable bonds is 19. The van der Waals surface area contributed by atoms with Gasteiger partial charge in [-0.2, -0.15) is 0 Å². The molecule has 0 saturated heterocycles. The van der Waals surface area contributed by atoms with Gasteiger partial charge in [0.2, 0.25) is 0 Å². The van der Waals surface area contributed by atoms with Gasteiger partial charge in [0.15, 0.2) is 0 Å². The van der Waals surface area contributed by atoms with E-state index in [4.69, 9.17) is 19.2 Å². The van der Waals surface area contributed by atoms with Crippen molar-refractivity contribution in [3.05, 3.63) is 108 Å². The van der Waals surface area contributed by atoms with Crippen molar-refractivity contribution in [1.82, 2.24) is 0 Å². The molecule has 1 aliphatic heterocycles. The first-order valence-electron chi connectivity index (χ1n) is 15.3. The summed E-state index contributed by atoms with van der Waals surface area (Å²) in [6, 6.07) is 31.0. The van der Waals surface area contributed by atoms with Crippen LogP contribution in [0.1, 0.15) is 81.4 Å². The van der Waals surface area contributed by atoms with E-state index in [2.05, 4.69) is 67.6 Å². The van der Waals surface area contributed by atoms with Gasteiger partial charge >= 0.3 is 0 Å². The van der Waals surface area contributed by atoms with Crippen LogP contribution in [0, 0.1) is 0 Å². The number of nitrogens with zero attached hydrogens (tertiary/aromatic N) is 1. The highest BCUT2D eigenvalue weighted by Crippen LogP contribution is 2.27. The van der Waals surface area contributed by atoms with Gasteiger partial charge < -0.3 is 14.2 Å². The maximum atomic E-state index is 6.61. The van der Waals surface area contributed by atoms with Crippen molar-refractivity contribution in [3.8, 4) is 0 Å². The normalized spacial score (nSPS) is 18.6. The second-order valence-corrected chi connectivity index (χ2v) is 10.9. The van der Waals surface area contributed by atoms with E-state index < -0.39 is 0 Å². The topological polar surface area (TPSA) is 40.0 Å². The van der Waals surface area contributed by atoms with E-state index in [0.717, 1.165) is 24.1 Å². The molecule has 4 heteroatoms. The summed E-state index contributed by atoms with van der Waals surface area (Å²) in [5.74, 6) is 0. The Morgan fingerprint density at radius 1 is 0.575 bits per heavy atom. The van der Waals surface area contributed by atoms with E-state index in [1.807, 2.05) is 30.3 Å². The Balaban J connectivity index is 1.41. The minimum absolute atomic E-state index is 0.0859. The van der Waals surface area contributed by atoms with Gasteiger partial charge in [-0.25, -0.2) is 0 Å². The quantitative estimate of drug-likeness (QED) is 0.142. The predicted molar refractivity (Wildman–Crippen MR) is 165 cm³/mol. The fraction of sp³-hybridized carbons (Fsp3) is 0.472. The minimum Gasteiger partial charge on any atom is -0.374 e. The van der Waals surface area contributed by atoms with E-state index in [-0.39, 0.29) is 18.2 Å². The van der Waals surface area contributed by atoms with Crippen LogP contribution >= 0.6 is 0 Å². The first-order chi connectivity index (χ1) is 19.8. The molecular formula is C36H47NO3. The van der Waals surface area contributed by atoms with Gasteiger partial charge in [-0.3, -0.25) is 4.99 Å². The Morgan fingerprint density at radius 2 is 1.07 bits per heavy atom. The molecule has 0 unspecified atom stereocenters. The third-order valence-corrected chi connectivity index (χ3v) is 7.58.